The predicted octanol–water partition coefficient (Wildman–Crippen LogP) is 3.98. The lowest BCUT2D eigenvalue weighted by atomic mass is 10.3. The third-order valence-corrected chi connectivity index (χ3v) is 4.71. The minimum absolute atomic E-state index is 0. The van der Waals surface area contributed by atoms with Crippen LogP contribution < -0.4 is 20.7 Å². The van der Waals surface area contributed by atoms with E-state index < -0.39 is 0 Å². The van der Waals surface area contributed by atoms with Gasteiger partial charge in [0.25, 0.3) is 5.91 Å². The number of rotatable bonds is 12. The second kappa shape index (κ2) is 15.9. The lowest BCUT2D eigenvalue weighted by molar-refractivity contribution is 0.0957. The molecule has 2 rings (SSSR count). The molecule has 30 heavy (non-hydrogen) atoms. The summed E-state index contributed by atoms with van der Waals surface area (Å²) in [6.07, 6.45) is 1.61. The van der Waals surface area contributed by atoms with E-state index in [1.807, 2.05) is 48.7 Å². The van der Waals surface area contributed by atoms with E-state index in [9.17, 15) is 4.79 Å². The molecule has 1 aromatic heterocycles. The smallest absolute Gasteiger partial charge is 0.261 e. The number of halogens is 1. The summed E-state index contributed by atoms with van der Waals surface area (Å²) >= 11 is 1.44. The Morgan fingerprint density at radius 2 is 2.00 bits per heavy atom. The Morgan fingerprint density at radius 3 is 2.73 bits per heavy atom. The Balaban J connectivity index is 0.00000450. The number of methoxy groups -OCH3 is 1. The fourth-order valence-electron chi connectivity index (χ4n) is 2.47. The SMILES string of the molecule is CCNC(=NCCCNC(=O)c1cccs1)Nc1cccc(OCCCOC)c1.I. The van der Waals surface area contributed by atoms with Gasteiger partial charge in [0, 0.05) is 51.5 Å². The summed E-state index contributed by atoms with van der Waals surface area (Å²) in [7, 11) is 1.68. The van der Waals surface area contributed by atoms with Crippen LogP contribution in [-0.2, 0) is 4.74 Å². The fourth-order valence-corrected chi connectivity index (χ4v) is 3.11. The third kappa shape index (κ3) is 10.3. The van der Waals surface area contributed by atoms with Gasteiger partial charge in [-0.05, 0) is 36.9 Å². The summed E-state index contributed by atoms with van der Waals surface area (Å²) in [5.74, 6) is 1.48. The molecule has 0 spiro atoms. The van der Waals surface area contributed by atoms with Crippen LogP contribution in [0.25, 0.3) is 0 Å². The molecule has 0 radical (unpaired) electrons. The molecule has 9 heteroatoms. The van der Waals surface area contributed by atoms with Gasteiger partial charge in [0.2, 0.25) is 0 Å². The molecule has 0 aliphatic rings. The van der Waals surface area contributed by atoms with Crippen molar-refractivity contribution in [3.05, 3.63) is 46.7 Å². The average molecular weight is 546 g/mol. The number of hydrogen-bond donors (Lipinski definition) is 3. The average Bonchev–Trinajstić information content (AvgIpc) is 3.26. The van der Waals surface area contributed by atoms with Gasteiger partial charge in [-0.3, -0.25) is 9.79 Å². The molecule has 0 aliphatic heterocycles. The Morgan fingerprint density at radius 1 is 1.13 bits per heavy atom. The van der Waals surface area contributed by atoms with Crippen molar-refractivity contribution in [2.75, 3.05) is 45.3 Å². The highest BCUT2D eigenvalue weighted by molar-refractivity contribution is 14.0. The first-order chi connectivity index (χ1) is 14.2. The molecule has 0 saturated carbocycles. The van der Waals surface area contributed by atoms with E-state index in [-0.39, 0.29) is 29.9 Å². The van der Waals surface area contributed by atoms with Crippen molar-refractivity contribution in [1.82, 2.24) is 10.6 Å². The zero-order valence-electron chi connectivity index (χ0n) is 17.5. The molecule has 0 unspecified atom stereocenters. The number of hydrogen-bond acceptors (Lipinski definition) is 5. The van der Waals surface area contributed by atoms with E-state index in [1.54, 1.807) is 7.11 Å². The zero-order valence-corrected chi connectivity index (χ0v) is 20.6. The van der Waals surface area contributed by atoms with Gasteiger partial charge in [0.1, 0.15) is 5.75 Å². The van der Waals surface area contributed by atoms with E-state index in [1.165, 1.54) is 11.3 Å². The van der Waals surface area contributed by atoms with Gasteiger partial charge in [-0.15, -0.1) is 35.3 Å². The molecule has 0 bridgehead atoms. The first kappa shape index (κ1) is 26.2. The summed E-state index contributed by atoms with van der Waals surface area (Å²) in [5.41, 5.74) is 0.903. The van der Waals surface area contributed by atoms with E-state index in [0.29, 0.717) is 32.3 Å². The van der Waals surface area contributed by atoms with Gasteiger partial charge in [-0.2, -0.15) is 0 Å². The monoisotopic (exact) mass is 546 g/mol. The van der Waals surface area contributed by atoms with Crippen LogP contribution in [0.2, 0.25) is 0 Å². The number of carbonyl (C=O) groups is 1. The molecule has 1 heterocycles. The normalized spacial score (nSPS) is 10.8. The molecule has 166 valence electrons. The van der Waals surface area contributed by atoms with Gasteiger partial charge in [0.15, 0.2) is 5.96 Å². The molecular weight excluding hydrogens is 515 g/mol. The molecule has 0 atom stereocenters. The van der Waals surface area contributed by atoms with Crippen molar-refractivity contribution in [2.45, 2.75) is 19.8 Å². The Kier molecular flexibility index (Phi) is 13.9. The third-order valence-electron chi connectivity index (χ3n) is 3.84. The van der Waals surface area contributed by atoms with Crippen LogP contribution >= 0.6 is 35.3 Å². The van der Waals surface area contributed by atoms with E-state index in [2.05, 4.69) is 20.9 Å². The predicted molar refractivity (Wildman–Crippen MR) is 135 cm³/mol. The summed E-state index contributed by atoms with van der Waals surface area (Å²) in [6, 6.07) is 11.5. The van der Waals surface area contributed by atoms with Crippen molar-refractivity contribution in [3.8, 4) is 5.75 Å². The second-order valence-corrected chi connectivity index (χ2v) is 7.14. The van der Waals surface area contributed by atoms with Crippen molar-refractivity contribution < 1.29 is 14.3 Å². The van der Waals surface area contributed by atoms with Crippen LogP contribution in [0.5, 0.6) is 5.75 Å². The number of amides is 1. The summed E-state index contributed by atoms with van der Waals surface area (Å²) in [4.78, 5) is 17.2. The largest absolute Gasteiger partial charge is 0.493 e. The van der Waals surface area contributed by atoms with E-state index >= 15 is 0 Å². The van der Waals surface area contributed by atoms with E-state index in [0.717, 1.165) is 35.7 Å². The molecule has 1 amide bonds. The maximum absolute atomic E-state index is 11.9. The van der Waals surface area contributed by atoms with Crippen LogP contribution in [0.3, 0.4) is 0 Å². The van der Waals surface area contributed by atoms with Crippen molar-refractivity contribution >= 4 is 52.9 Å². The fraction of sp³-hybridized carbons (Fsp3) is 0.429. The number of nitrogens with zero attached hydrogens (tertiary/aromatic N) is 1. The minimum atomic E-state index is -0.0312. The van der Waals surface area contributed by atoms with Crippen molar-refractivity contribution in [2.24, 2.45) is 4.99 Å². The number of guanidine groups is 1. The van der Waals surface area contributed by atoms with Gasteiger partial charge in [-0.1, -0.05) is 12.1 Å². The number of ether oxygens (including phenoxy) is 2. The van der Waals surface area contributed by atoms with Crippen LogP contribution in [0.15, 0.2) is 46.8 Å². The number of anilines is 1. The highest BCUT2D eigenvalue weighted by atomic mass is 127. The van der Waals surface area contributed by atoms with Crippen LogP contribution in [0.4, 0.5) is 5.69 Å². The molecule has 3 N–H and O–H groups in total. The number of carbonyl (C=O) groups excluding carboxylic acids is 1. The standard InChI is InChI=1S/C21H30N4O3S.HI/c1-3-22-21(24-12-6-11-23-20(26)19-10-5-15-29-19)25-17-8-4-9-18(16-17)28-14-7-13-27-2;/h4-5,8-10,15-16H,3,6-7,11-14H2,1-2H3,(H,23,26)(H2,22,24,25);1H. The highest BCUT2D eigenvalue weighted by Crippen LogP contribution is 2.17. The lowest BCUT2D eigenvalue weighted by Gasteiger charge is -2.13. The molecular formula is C21H31IN4O3S. The van der Waals surface area contributed by atoms with Crippen LogP contribution in [-0.4, -0.2) is 51.8 Å². The van der Waals surface area contributed by atoms with Gasteiger partial charge < -0.3 is 25.4 Å². The summed E-state index contributed by atoms with van der Waals surface area (Å²) < 4.78 is 10.8. The Bertz CT molecular complexity index is 756. The molecule has 0 aliphatic carbocycles. The molecule has 1 aromatic carbocycles. The minimum Gasteiger partial charge on any atom is -0.493 e. The summed E-state index contributed by atoms with van der Waals surface area (Å²) in [6.45, 7) is 5.27. The molecule has 0 saturated heterocycles. The zero-order chi connectivity index (χ0) is 20.7. The van der Waals surface area contributed by atoms with Crippen LogP contribution in [0, 0.1) is 0 Å². The maximum Gasteiger partial charge on any atom is 0.261 e. The number of benzene rings is 1. The van der Waals surface area contributed by atoms with Crippen molar-refractivity contribution in [1.29, 1.82) is 0 Å². The number of aliphatic imine (C=N–C) groups is 1. The number of thiophene rings is 1. The quantitative estimate of drug-likeness (QED) is 0.162. The lowest BCUT2D eigenvalue weighted by Crippen LogP contribution is -2.31. The Hall–Kier alpha value is -1.85. The number of nitrogens with one attached hydrogen (secondary N) is 3. The first-order valence-corrected chi connectivity index (χ1v) is 10.7. The first-order valence-electron chi connectivity index (χ1n) is 9.81. The van der Waals surface area contributed by atoms with Gasteiger partial charge in [0.05, 0.1) is 11.5 Å². The maximum atomic E-state index is 11.9. The Labute approximate surface area is 199 Å². The van der Waals surface area contributed by atoms with Crippen LogP contribution in [0.1, 0.15) is 29.4 Å². The molecule has 7 nitrogen and oxygen atoms in total. The second-order valence-electron chi connectivity index (χ2n) is 6.20. The van der Waals surface area contributed by atoms with E-state index in [4.69, 9.17) is 9.47 Å². The van der Waals surface area contributed by atoms with Gasteiger partial charge in [-0.25, -0.2) is 0 Å². The highest BCUT2D eigenvalue weighted by Gasteiger charge is 2.05. The molecule has 0 fully saturated rings. The molecule has 2 aromatic rings. The topological polar surface area (TPSA) is 84.0 Å². The summed E-state index contributed by atoms with van der Waals surface area (Å²) in [5, 5.41) is 11.3. The van der Waals surface area contributed by atoms with Gasteiger partial charge >= 0.3 is 0 Å². The van der Waals surface area contributed by atoms with Crippen molar-refractivity contribution in [3.63, 3.8) is 0 Å².